The summed E-state index contributed by atoms with van der Waals surface area (Å²) in [6, 6.07) is 5.05. The van der Waals surface area contributed by atoms with E-state index in [9.17, 15) is 13.2 Å². The van der Waals surface area contributed by atoms with Gasteiger partial charge in [0, 0.05) is 23.2 Å². The standard InChI is InChI=1S/C15H17F3N2O/c1-14(2,3)19-8-11-9-20-21-13(11)10-5-4-6-12(7-10)15(16,17)18/h4-7,9,19H,8H2,1-3H3. The Kier molecular flexibility index (Phi) is 4.09. The van der Waals surface area contributed by atoms with Crippen LogP contribution in [0.3, 0.4) is 0 Å². The van der Waals surface area contributed by atoms with Crippen LogP contribution in [-0.4, -0.2) is 10.7 Å². The molecule has 0 saturated carbocycles. The highest BCUT2D eigenvalue weighted by Gasteiger charge is 2.31. The van der Waals surface area contributed by atoms with Crippen LogP contribution in [0.25, 0.3) is 11.3 Å². The molecule has 1 N–H and O–H groups in total. The summed E-state index contributed by atoms with van der Waals surface area (Å²) in [7, 11) is 0. The van der Waals surface area contributed by atoms with Crippen LogP contribution in [0, 0.1) is 0 Å². The summed E-state index contributed by atoms with van der Waals surface area (Å²) in [5.41, 5.74) is 0.283. The summed E-state index contributed by atoms with van der Waals surface area (Å²) >= 11 is 0. The molecule has 0 unspecified atom stereocenters. The van der Waals surface area contributed by atoms with E-state index in [2.05, 4.69) is 10.5 Å². The number of hydrogen-bond donors (Lipinski definition) is 1. The molecule has 0 saturated heterocycles. The van der Waals surface area contributed by atoms with Gasteiger partial charge in [-0.2, -0.15) is 13.2 Å². The molecule has 114 valence electrons. The van der Waals surface area contributed by atoms with E-state index in [-0.39, 0.29) is 5.54 Å². The summed E-state index contributed by atoms with van der Waals surface area (Å²) < 4.78 is 43.4. The van der Waals surface area contributed by atoms with Crippen molar-refractivity contribution in [1.29, 1.82) is 0 Å². The molecule has 6 heteroatoms. The third-order valence-corrected chi connectivity index (χ3v) is 2.91. The van der Waals surface area contributed by atoms with Gasteiger partial charge in [-0.25, -0.2) is 0 Å². The third kappa shape index (κ3) is 4.07. The molecular formula is C15H17F3N2O. The van der Waals surface area contributed by atoms with Crippen LogP contribution in [0.2, 0.25) is 0 Å². The van der Waals surface area contributed by atoms with Crippen molar-refractivity contribution in [2.24, 2.45) is 0 Å². The molecule has 2 rings (SSSR count). The summed E-state index contributed by atoms with van der Waals surface area (Å²) in [5.74, 6) is 0.359. The van der Waals surface area contributed by atoms with Crippen LogP contribution in [0.5, 0.6) is 0 Å². The van der Waals surface area contributed by atoms with Crippen molar-refractivity contribution in [3.05, 3.63) is 41.6 Å². The van der Waals surface area contributed by atoms with Crippen molar-refractivity contribution in [3.8, 4) is 11.3 Å². The molecule has 0 spiro atoms. The average molecular weight is 298 g/mol. The monoisotopic (exact) mass is 298 g/mol. The van der Waals surface area contributed by atoms with Gasteiger partial charge < -0.3 is 9.84 Å². The van der Waals surface area contributed by atoms with Crippen molar-refractivity contribution < 1.29 is 17.7 Å². The van der Waals surface area contributed by atoms with E-state index < -0.39 is 11.7 Å². The Balaban J connectivity index is 2.29. The number of hydrogen-bond acceptors (Lipinski definition) is 3. The molecule has 1 aromatic carbocycles. The molecule has 2 aromatic rings. The van der Waals surface area contributed by atoms with E-state index in [1.165, 1.54) is 12.3 Å². The predicted octanol–water partition coefficient (Wildman–Crippen LogP) is 4.25. The van der Waals surface area contributed by atoms with E-state index >= 15 is 0 Å². The fraction of sp³-hybridized carbons (Fsp3) is 0.400. The van der Waals surface area contributed by atoms with E-state index in [0.717, 1.165) is 17.7 Å². The van der Waals surface area contributed by atoms with Crippen LogP contribution >= 0.6 is 0 Å². The molecular weight excluding hydrogens is 281 g/mol. The minimum Gasteiger partial charge on any atom is -0.356 e. The van der Waals surface area contributed by atoms with Crippen LogP contribution < -0.4 is 5.32 Å². The van der Waals surface area contributed by atoms with Gasteiger partial charge >= 0.3 is 6.18 Å². The highest BCUT2D eigenvalue weighted by molar-refractivity contribution is 5.61. The van der Waals surface area contributed by atoms with Crippen molar-refractivity contribution in [2.45, 2.75) is 39.0 Å². The number of aromatic nitrogens is 1. The first-order chi connectivity index (χ1) is 9.67. The highest BCUT2D eigenvalue weighted by atomic mass is 19.4. The molecule has 0 bridgehead atoms. The lowest BCUT2D eigenvalue weighted by Gasteiger charge is -2.20. The van der Waals surface area contributed by atoms with E-state index in [1.54, 1.807) is 6.07 Å². The molecule has 0 fully saturated rings. The van der Waals surface area contributed by atoms with Gasteiger partial charge in [-0.3, -0.25) is 0 Å². The third-order valence-electron chi connectivity index (χ3n) is 2.91. The zero-order chi connectivity index (χ0) is 15.7. The minimum absolute atomic E-state index is 0.109. The molecule has 3 nitrogen and oxygen atoms in total. The second kappa shape index (κ2) is 5.52. The smallest absolute Gasteiger partial charge is 0.356 e. The Bertz CT molecular complexity index is 612. The first-order valence-corrected chi connectivity index (χ1v) is 6.53. The fourth-order valence-electron chi connectivity index (χ4n) is 1.82. The Morgan fingerprint density at radius 3 is 2.52 bits per heavy atom. The van der Waals surface area contributed by atoms with Crippen LogP contribution in [0.15, 0.2) is 35.0 Å². The Morgan fingerprint density at radius 1 is 1.19 bits per heavy atom. The fourth-order valence-corrected chi connectivity index (χ4v) is 1.82. The van der Waals surface area contributed by atoms with Crippen molar-refractivity contribution in [3.63, 3.8) is 0 Å². The first-order valence-electron chi connectivity index (χ1n) is 6.53. The first kappa shape index (κ1) is 15.6. The lowest BCUT2D eigenvalue weighted by molar-refractivity contribution is -0.137. The van der Waals surface area contributed by atoms with E-state index in [0.29, 0.717) is 17.9 Å². The summed E-state index contributed by atoms with van der Waals surface area (Å²) in [6.45, 7) is 6.48. The second-order valence-electron chi connectivity index (χ2n) is 5.86. The number of nitrogens with zero attached hydrogens (tertiary/aromatic N) is 1. The average Bonchev–Trinajstić information content (AvgIpc) is 2.83. The normalized spacial score (nSPS) is 12.7. The molecule has 0 amide bonds. The summed E-state index contributed by atoms with van der Waals surface area (Å²) in [5, 5.41) is 6.95. The van der Waals surface area contributed by atoms with Gasteiger partial charge in [-0.1, -0.05) is 17.3 Å². The van der Waals surface area contributed by atoms with Gasteiger partial charge in [0.05, 0.1) is 11.8 Å². The summed E-state index contributed by atoms with van der Waals surface area (Å²) in [4.78, 5) is 0. The zero-order valence-corrected chi connectivity index (χ0v) is 12.1. The largest absolute Gasteiger partial charge is 0.416 e. The number of alkyl halides is 3. The predicted molar refractivity (Wildman–Crippen MR) is 73.5 cm³/mol. The van der Waals surface area contributed by atoms with Crippen LogP contribution in [0.4, 0.5) is 13.2 Å². The van der Waals surface area contributed by atoms with Crippen LogP contribution in [-0.2, 0) is 12.7 Å². The Labute approximate surface area is 121 Å². The van der Waals surface area contributed by atoms with Crippen molar-refractivity contribution >= 4 is 0 Å². The topological polar surface area (TPSA) is 38.1 Å². The van der Waals surface area contributed by atoms with Gasteiger partial charge in [0.15, 0.2) is 5.76 Å². The van der Waals surface area contributed by atoms with Crippen molar-refractivity contribution in [1.82, 2.24) is 10.5 Å². The lowest BCUT2D eigenvalue weighted by Crippen LogP contribution is -2.35. The minimum atomic E-state index is -4.38. The Hall–Kier alpha value is -1.82. The molecule has 0 aliphatic heterocycles. The maximum atomic E-state index is 12.8. The highest BCUT2D eigenvalue weighted by Crippen LogP contribution is 2.33. The van der Waals surface area contributed by atoms with Crippen molar-refractivity contribution in [2.75, 3.05) is 0 Å². The van der Waals surface area contributed by atoms with Gasteiger partial charge in [-0.05, 0) is 32.9 Å². The zero-order valence-electron chi connectivity index (χ0n) is 12.1. The van der Waals surface area contributed by atoms with E-state index in [4.69, 9.17) is 4.52 Å². The van der Waals surface area contributed by atoms with Gasteiger partial charge in [0.1, 0.15) is 0 Å². The molecule has 0 aliphatic carbocycles. The van der Waals surface area contributed by atoms with Crippen LogP contribution in [0.1, 0.15) is 31.9 Å². The number of nitrogens with one attached hydrogen (secondary N) is 1. The van der Waals surface area contributed by atoms with Gasteiger partial charge in [0.2, 0.25) is 0 Å². The maximum Gasteiger partial charge on any atom is 0.416 e. The van der Waals surface area contributed by atoms with Gasteiger partial charge in [-0.15, -0.1) is 0 Å². The number of halogens is 3. The van der Waals surface area contributed by atoms with E-state index in [1.807, 2.05) is 20.8 Å². The maximum absolute atomic E-state index is 12.8. The molecule has 0 radical (unpaired) electrons. The molecule has 0 atom stereocenters. The van der Waals surface area contributed by atoms with Gasteiger partial charge in [0.25, 0.3) is 0 Å². The molecule has 1 aromatic heterocycles. The lowest BCUT2D eigenvalue weighted by atomic mass is 10.0. The SMILES string of the molecule is CC(C)(C)NCc1cnoc1-c1cccc(C(F)(F)F)c1. The molecule has 0 aliphatic rings. The number of rotatable bonds is 3. The second-order valence-corrected chi connectivity index (χ2v) is 5.86. The molecule has 21 heavy (non-hydrogen) atoms. The number of benzene rings is 1. The summed E-state index contributed by atoms with van der Waals surface area (Å²) in [6.07, 6.45) is -2.85. The molecule has 1 heterocycles. The quantitative estimate of drug-likeness (QED) is 0.920. The Morgan fingerprint density at radius 2 is 1.90 bits per heavy atom.